The number of rotatable bonds is 1. The van der Waals surface area contributed by atoms with Crippen molar-refractivity contribution >= 4 is 17.7 Å². The molecule has 0 aliphatic carbocycles. The third kappa shape index (κ3) is 0.944. The molecule has 2 nitrogen and oxygen atoms in total. The first-order valence-corrected chi connectivity index (χ1v) is 4.08. The molecule has 2 atom stereocenters. The van der Waals surface area contributed by atoms with Crippen LogP contribution in [0.2, 0.25) is 0 Å². The summed E-state index contributed by atoms with van der Waals surface area (Å²) >= 11 is 1.57. The topological polar surface area (TPSA) is 37.3 Å². The molecule has 0 aromatic rings. The van der Waals surface area contributed by atoms with E-state index in [1.54, 1.807) is 24.8 Å². The van der Waals surface area contributed by atoms with Gasteiger partial charge in [0, 0.05) is 5.25 Å². The minimum atomic E-state index is -0.735. The van der Waals surface area contributed by atoms with E-state index < -0.39 is 11.4 Å². The maximum absolute atomic E-state index is 10.7. The van der Waals surface area contributed by atoms with Gasteiger partial charge >= 0.3 is 5.97 Å². The van der Waals surface area contributed by atoms with Gasteiger partial charge in [0.15, 0.2) is 0 Å². The van der Waals surface area contributed by atoms with Gasteiger partial charge in [0.2, 0.25) is 0 Å². The highest BCUT2D eigenvalue weighted by Gasteiger charge is 2.39. The van der Waals surface area contributed by atoms with E-state index in [1.807, 2.05) is 12.3 Å². The minimum Gasteiger partial charge on any atom is -0.481 e. The number of carboxylic acids is 1. The van der Waals surface area contributed by atoms with Crippen molar-refractivity contribution in [2.24, 2.45) is 5.41 Å². The lowest BCUT2D eigenvalue weighted by Gasteiger charge is -2.20. The Morgan fingerprint density at radius 2 is 2.40 bits per heavy atom. The Hall–Kier alpha value is -0.440. The van der Waals surface area contributed by atoms with Crippen molar-refractivity contribution in [3.05, 3.63) is 11.5 Å². The second kappa shape index (κ2) is 2.31. The van der Waals surface area contributed by atoms with Gasteiger partial charge in [0.1, 0.15) is 0 Å². The Bertz CT molecular complexity index is 188. The number of hydrogen-bond donors (Lipinski definition) is 1. The summed E-state index contributed by atoms with van der Waals surface area (Å²) in [4.78, 5) is 10.7. The highest BCUT2D eigenvalue weighted by atomic mass is 32.2. The van der Waals surface area contributed by atoms with Crippen LogP contribution in [-0.2, 0) is 4.79 Å². The fourth-order valence-corrected chi connectivity index (χ4v) is 1.88. The van der Waals surface area contributed by atoms with Crippen molar-refractivity contribution in [1.82, 2.24) is 0 Å². The molecule has 1 aliphatic heterocycles. The van der Waals surface area contributed by atoms with Crippen LogP contribution in [-0.4, -0.2) is 16.3 Å². The Morgan fingerprint density at radius 3 is 2.60 bits per heavy atom. The second-order valence-corrected chi connectivity index (χ2v) is 3.92. The summed E-state index contributed by atoms with van der Waals surface area (Å²) in [6.07, 6.45) is 1.75. The van der Waals surface area contributed by atoms with Gasteiger partial charge < -0.3 is 5.11 Å². The Balaban J connectivity index is 2.85. The zero-order valence-corrected chi connectivity index (χ0v) is 6.81. The van der Waals surface area contributed by atoms with Crippen molar-refractivity contribution in [2.45, 2.75) is 19.1 Å². The van der Waals surface area contributed by atoms with Gasteiger partial charge in [-0.05, 0) is 12.3 Å². The lowest BCUT2D eigenvalue weighted by molar-refractivity contribution is -0.144. The number of carboxylic acid groups (broad SMARTS) is 1. The first-order valence-electron chi connectivity index (χ1n) is 3.14. The predicted molar refractivity (Wildman–Crippen MR) is 41.9 cm³/mol. The highest BCUT2D eigenvalue weighted by Crippen LogP contribution is 2.39. The SMILES string of the molecule is CC1SC=CC1(C)C(=O)O. The monoisotopic (exact) mass is 158 g/mol. The average molecular weight is 158 g/mol. The molecule has 0 saturated heterocycles. The number of hydrogen-bond acceptors (Lipinski definition) is 2. The van der Waals surface area contributed by atoms with Crippen LogP contribution in [0.1, 0.15) is 13.8 Å². The summed E-state index contributed by atoms with van der Waals surface area (Å²) in [7, 11) is 0. The zero-order valence-electron chi connectivity index (χ0n) is 6.00. The minimum absolute atomic E-state index is 0.157. The molecule has 0 aromatic carbocycles. The van der Waals surface area contributed by atoms with Gasteiger partial charge in [0.25, 0.3) is 0 Å². The Labute approximate surface area is 64.3 Å². The molecule has 0 saturated carbocycles. The molecule has 2 unspecified atom stereocenters. The highest BCUT2D eigenvalue weighted by molar-refractivity contribution is 8.03. The van der Waals surface area contributed by atoms with E-state index in [4.69, 9.17) is 5.11 Å². The van der Waals surface area contributed by atoms with Crippen LogP contribution in [0, 0.1) is 5.41 Å². The van der Waals surface area contributed by atoms with Crippen LogP contribution in [0.5, 0.6) is 0 Å². The van der Waals surface area contributed by atoms with E-state index in [9.17, 15) is 4.79 Å². The molecule has 56 valence electrons. The maximum atomic E-state index is 10.7. The fraction of sp³-hybridized carbons (Fsp3) is 0.571. The summed E-state index contributed by atoms with van der Waals surface area (Å²) in [6.45, 7) is 3.68. The van der Waals surface area contributed by atoms with Gasteiger partial charge in [-0.25, -0.2) is 0 Å². The van der Waals surface area contributed by atoms with Crippen LogP contribution in [0.15, 0.2) is 11.5 Å². The molecule has 1 heterocycles. The molecular formula is C7H10O2S. The lowest BCUT2D eigenvalue weighted by Crippen LogP contribution is -2.31. The maximum Gasteiger partial charge on any atom is 0.314 e. The van der Waals surface area contributed by atoms with Crippen LogP contribution >= 0.6 is 11.8 Å². The van der Waals surface area contributed by atoms with E-state index in [-0.39, 0.29) is 5.25 Å². The summed E-state index contributed by atoms with van der Waals surface area (Å²) in [5.41, 5.74) is -0.648. The first kappa shape index (κ1) is 7.66. The summed E-state index contributed by atoms with van der Waals surface area (Å²) in [5, 5.41) is 10.8. The van der Waals surface area contributed by atoms with Crippen molar-refractivity contribution in [3.63, 3.8) is 0 Å². The third-order valence-corrected chi connectivity index (χ3v) is 3.19. The predicted octanol–water partition coefficient (Wildman–Crippen LogP) is 1.73. The van der Waals surface area contributed by atoms with Crippen LogP contribution in [0.4, 0.5) is 0 Å². The molecule has 0 fully saturated rings. The van der Waals surface area contributed by atoms with Crippen molar-refractivity contribution in [2.75, 3.05) is 0 Å². The summed E-state index contributed by atoms with van der Waals surface area (Å²) in [5.74, 6) is -0.735. The molecule has 0 spiro atoms. The van der Waals surface area contributed by atoms with Crippen molar-refractivity contribution in [3.8, 4) is 0 Å². The van der Waals surface area contributed by atoms with E-state index >= 15 is 0 Å². The van der Waals surface area contributed by atoms with E-state index in [0.29, 0.717) is 0 Å². The molecule has 1 rings (SSSR count). The summed E-state index contributed by atoms with van der Waals surface area (Å²) in [6, 6.07) is 0. The van der Waals surface area contributed by atoms with E-state index in [1.165, 1.54) is 0 Å². The van der Waals surface area contributed by atoms with Gasteiger partial charge in [-0.1, -0.05) is 13.0 Å². The third-order valence-electron chi connectivity index (χ3n) is 2.00. The quantitative estimate of drug-likeness (QED) is 0.631. The molecule has 10 heavy (non-hydrogen) atoms. The molecule has 0 bridgehead atoms. The van der Waals surface area contributed by atoms with Crippen molar-refractivity contribution < 1.29 is 9.90 Å². The molecule has 3 heteroatoms. The lowest BCUT2D eigenvalue weighted by atomic mass is 9.88. The van der Waals surface area contributed by atoms with Gasteiger partial charge in [-0.15, -0.1) is 11.8 Å². The number of carbonyl (C=O) groups is 1. The molecular weight excluding hydrogens is 148 g/mol. The molecule has 0 amide bonds. The smallest absolute Gasteiger partial charge is 0.314 e. The average Bonchev–Trinajstić information content (AvgIpc) is 2.15. The molecule has 1 N–H and O–H groups in total. The Kier molecular flexibility index (Phi) is 1.77. The van der Waals surface area contributed by atoms with Crippen LogP contribution in [0.3, 0.4) is 0 Å². The van der Waals surface area contributed by atoms with Gasteiger partial charge in [-0.3, -0.25) is 4.79 Å². The standard InChI is InChI=1S/C7H10O2S/c1-5-7(2,6(8)9)3-4-10-5/h3-5H,1-2H3,(H,8,9). The van der Waals surface area contributed by atoms with Gasteiger partial charge in [-0.2, -0.15) is 0 Å². The second-order valence-electron chi connectivity index (χ2n) is 2.67. The molecule has 0 radical (unpaired) electrons. The fourth-order valence-electron chi connectivity index (χ4n) is 0.821. The largest absolute Gasteiger partial charge is 0.481 e. The van der Waals surface area contributed by atoms with E-state index in [2.05, 4.69) is 0 Å². The zero-order chi connectivity index (χ0) is 7.78. The van der Waals surface area contributed by atoms with Gasteiger partial charge in [0.05, 0.1) is 5.41 Å². The first-order chi connectivity index (χ1) is 4.57. The normalized spacial score (nSPS) is 38.4. The molecule has 0 aromatic heterocycles. The number of thioether (sulfide) groups is 1. The number of aliphatic carboxylic acids is 1. The Morgan fingerprint density at radius 1 is 1.80 bits per heavy atom. The summed E-state index contributed by atoms with van der Waals surface area (Å²) < 4.78 is 0. The molecule has 1 aliphatic rings. The van der Waals surface area contributed by atoms with E-state index in [0.717, 1.165) is 0 Å². The van der Waals surface area contributed by atoms with Crippen molar-refractivity contribution in [1.29, 1.82) is 0 Å². The van der Waals surface area contributed by atoms with Crippen LogP contribution in [0.25, 0.3) is 0 Å². The van der Waals surface area contributed by atoms with Crippen LogP contribution < -0.4 is 0 Å².